The van der Waals surface area contributed by atoms with E-state index in [0.717, 1.165) is 19.4 Å². The molecule has 0 aromatic heterocycles. The van der Waals surface area contributed by atoms with Crippen LogP contribution in [0.4, 0.5) is 10.5 Å². The molecular formula is C17H20ClN3O3. The van der Waals surface area contributed by atoms with E-state index < -0.39 is 5.41 Å². The van der Waals surface area contributed by atoms with Gasteiger partial charge < -0.3 is 20.3 Å². The lowest BCUT2D eigenvalue weighted by molar-refractivity contribution is -0.139. The summed E-state index contributed by atoms with van der Waals surface area (Å²) < 4.78 is 6.01. The van der Waals surface area contributed by atoms with Crippen molar-refractivity contribution in [3.63, 3.8) is 0 Å². The van der Waals surface area contributed by atoms with Crippen molar-refractivity contribution in [2.45, 2.75) is 31.5 Å². The summed E-state index contributed by atoms with van der Waals surface area (Å²) in [5.74, 6) is 0.0783. The fourth-order valence-corrected chi connectivity index (χ4v) is 4.30. The molecule has 6 nitrogen and oxygen atoms in total. The third kappa shape index (κ3) is 2.54. The maximum absolute atomic E-state index is 12.6. The standard InChI is InChI=1S/C17H20ClN3O3/c18-12-4-1-2-5-13(12)20-16(23)21-9-11-8-17(14(10-21)24-11)6-3-7-19-15(17)22/h1-2,4-5,11,14H,3,6-10H2,(H,19,22)(H,20,23)/t11?,14?,17-/m0/s1. The fraction of sp³-hybridized carbons (Fsp3) is 0.529. The van der Waals surface area contributed by atoms with E-state index in [0.29, 0.717) is 30.2 Å². The Morgan fingerprint density at radius 3 is 3.00 bits per heavy atom. The Balaban J connectivity index is 1.49. The molecule has 3 amide bonds. The van der Waals surface area contributed by atoms with Gasteiger partial charge in [0.05, 0.1) is 28.3 Å². The molecule has 4 rings (SSSR count). The molecule has 0 radical (unpaired) electrons. The summed E-state index contributed by atoms with van der Waals surface area (Å²) in [6.45, 7) is 1.66. The molecule has 3 aliphatic rings. The predicted molar refractivity (Wildman–Crippen MR) is 90.0 cm³/mol. The second kappa shape index (κ2) is 5.93. The predicted octanol–water partition coefficient (Wildman–Crippen LogP) is 2.24. The van der Waals surface area contributed by atoms with Crippen LogP contribution in [0, 0.1) is 5.41 Å². The van der Waals surface area contributed by atoms with Crippen molar-refractivity contribution in [1.82, 2.24) is 10.2 Å². The molecule has 2 bridgehead atoms. The highest BCUT2D eigenvalue weighted by Gasteiger charge is 2.57. The zero-order chi connectivity index (χ0) is 16.7. The first-order valence-corrected chi connectivity index (χ1v) is 8.70. The van der Waals surface area contributed by atoms with Crippen molar-refractivity contribution in [2.24, 2.45) is 5.41 Å². The molecule has 7 heteroatoms. The highest BCUT2D eigenvalue weighted by molar-refractivity contribution is 6.33. The number of amides is 3. The van der Waals surface area contributed by atoms with Crippen LogP contribution in [0.2, 0.25) is 5.02 Å². The second-order valence-electron chi connectivity index (χ2n) is 6.78. The third-order valence-electron chi connectivity index (χ3n) is 5.32. The summed E-state index contributed by atoms with van der Waals surface area (Å²) in [5, 5.41) is 6.32. The maximum Gasteiger partial charge on any atom is 0.322 e. The van der Waals surface area contributed by atoms with Crippen molar-refractivity contribution in [3.05, 3.63) is 29.3 Å². The van der Waals surface area contributed by atoms with E-state index in [1.807, 2.05) is 12.1 Å². The lowest BCUT2D eigenvalue weighted by Crippen LogP contribution is -2.54. The molecule has 2 unspecified atom stereocenters. The van der Waals surface area contributed by atoms with Gasteiger partial charge in [0, 0.05) is 19.6 Å². The van der Waals surface area contributed by atoms with E-state index in [4.69, 9.17) is 16.3 Å². The Morgan fingerprint density at radius 2 is 2.21 bits per heavy atom. The summed E-state index contributed by atoms with van der Waals surface area (Å²) in [6.07, 6.45) is 2.18. The quantitative estimate of drug-likeness (QED) is 0.817. The van der Waals surface area contributed by atoms with Crippen LogP contribution in [-0.4, -0.2) is 48.7 Å². The van der Waals surface area contributed by atoms with E-state index in [9.17, 15) is 9.59 Å². The monoisotopic (exact) mass is 349 g/mol. The highest BCUT2D eigenvalue weighted by atomic mass is 35.5. The normalized spacial score (nSPS) is 31.9. The van der Waals surface area contributed by atoms with Gasteiger partial charge in [0.15, 0.2) is 0 Å². The fourth-order valence-electron chi connectivity index (χ4n) is 4.11. The molecule has 3 atom stereocenters. The first kappa shape index (κ1) is 15.7. The number of rotatable bonds is 1. The number of fused-ring (bicyclic) bond motifs is 3. The molecule has 3 aliphatic heterocycles. The van der Waals surface area contributed by atoms with Gasteiger partial charge >= 0.3 is 6.03 Å². The number of carbonyl (C=O) groups is 2. The number of morpholine rings is 1. The summed E-state index contributed by atoms with van der Waals surface area (Å²) in [6, 6.07) is 6.95. The first-order valence-electron chi connectivity index (χ1n) is 8.33. The topological polar surface area (TPSA) is 70.7 Å². The number of ether oxygens (including phenoxy) is 1. The zero-order valence-electron chi connectivity index (χ0n) is 13.3. The van der Waals surface area contributed by atoms with Crippen LogP contribution in [0.15, 0.2) is 24.3 Å². The molecule has 2 N–H and O–H groups in total. The van der Waals surface area contributed by atoms with Gasteiger partial charge in [0.25, 0.3) is 0 Å². The molecule has 3 fully saturated rings. The Labute approximate surface area is 145 Å². The highest BCUT2D eigenvalue weighted by Crippen LogP contribution is 2.46. The first-order chi connectivity index (χ1) is 11.6. The van der Waals surface area contributed by atoms with Crippen LogP contribution >= 0.6 is 11.6 Å². The molecule has 1 aromatic carbocycles. The number of hydrogen-bond donors (Lipinski definition) is 2. The number of hydrogen-bond acceptors (Lipinski definition) is 3. The molecule has 3 heterocycles. The van der Waals surface area contributed by atoms with Crippen molar-refractivity contribution in [2.75, 3.05) is 25.0 Å². The number of nitrogens with zero attached hydrogens (tertiary/aromatic N) is 1. The van der Waals surface area contributed by atoms with Crippen LogP contribution in [0.3, 0.4) is 0 Å². The van der Waals surface area contributed by atoms with Gasteiger partial charge in [-0.3, -0.25) is 4.79 Å². The number of piperidine rings is 1. The van der Waals surface area contributed by atoms with Gasteiger partial charge in [-0.1, -0.05) is 23.7 Å². The van der Waals surface area contributed by atoms with E-state index >= 15 is 0 Å². The Morgan fingerprint density at radius 1 is 1.38 bits per heavy atom. The van der Waals surface area contributed by atoms with E-state index in [2.05, 4.69) is 10.6 Å². The lowest BCUT2D eigenvalue weighted by Gasteiger charge is -2.38. The minimum atomic E-state index is -0.470. The number of anilines is 1. The summed E-state index contributed by atoms with van der Waals surface area (Å²) >= 11 is 6.10. The molecule has 0 aliphatic carbocycles. The number of para-hydroxylation sites is 1. The molecule has 1 aromatic rings. The molecule has 0 saturated carbocycles. The number of benzene rings is 1. The van der Waals surface area contributed by atoms with Gasteiger partial charge in [-0.05, 0) is 31.4 Å². The van der Waals surface area contributed by atoms with Gasteiger partial charge in [-0.25, -0.2) is 4.79 Å². The van der Waals surface area contributed by atoms with Crippen molar-refractivity contribution >= 4 is 29.2 Å². The molecule has 24 heavy (non-hydrogen) atoms. The third-order valence-corrected chi connectivity index (χ3v) is 5.64. The molecule has 1 spiro atoms. The molecule has 128 valence electrons. The van der Waals surface area contributed by atoms with Gasteiger partial charge in [0.2, 0.25) is 5.91 Å². The average molecular weight is 350 g/mol. The van der Waals surface area contributed by atoms with Crippen LogP contribution in [0.25, 0.3) is 0 Å². The van der Waals surface area contributed by atoms with E-state index in [1.165, 1.54) is 0 Å². The minimum Gasteiger partial charge on any atom is -0.370 e. The second-order valence-corrected chi connectivity index (χ2v) is 7.19. The van der Waals surface area contributed by atoms with E-state index in [1.54, 1.807) is 17.0 Å². The smallest absolute Gasteiger partial charge is 0.322 e. The lowest BCUT2D eigenvalue weighted by atomic mass is 9.73. The van der Waals surface area contributed by atoms with E-state index in [-0.39, 0.29) is 24.1 Å². The van der Waals surface area contributed by atoms with Crippen molar-refractivity contribution in [3.8, 4) is 0 Å². The molecular weight excluding hydrogens is 330 g/mol. The Bertz CT molecular complexity index is 683. The van der Waals surface area contributed by atoms with Gasteiger partial charge in [0.1, 0.15) is 0 Å². The average Bonchev–Trinajstić information content (AvgIpc) is 2.83. The number of halogens is 1. The van der Waals surface area contributed by atoms with Crippen LogP contribution in [0.1, 0.15) is 19.3 Å². The number of carbonyl (C=O) groups excluding carboxylic acids is 2. The number of nitrogens with one attached hydrogen (secondary N) is 2. The Kier molecular flexibility index (Phi) is 3.89. The number of urea groups is 1. The van der Waals surface area contributed by atoms with Crippen LogP contribution in [0.5, 0.6) is 0 Å². The zero-order valence-corrected chi connectivity index (χ0v) is 14.0. The maximum atomic E-state index is 12.6. The van der Waals surface area contributed by atoms with Crippen LogP contribution in [-0.2, 0) is 9.53 Å². The van der Waals surface area contributed by atoms with Crippen molar-refractivity contribution in [1.29, 1.82) is 0 Å². The summed E-state index contributed by atoms with van der Waals surface area (Å²) in [5.41, 5.74) is 0.121. The molecule has 3 saturated heterocycles. The van der Waals surface area contributed by atoms with Gasteiger partial charge in [-0.15, -0.1) is 0 Å². The Hall–Kier alpha value is -1.79. The summed E-state index contributed by atoms with van der Waals surface area (Å²) in [7, 11) is 0. The number of likely N-dealkylation sites (tertiary alicyclic amines) is 1. The summed E-state index contributed by atoms with van der Waals surface area (Å²) in [4.78, 5) is 26.8. The largest absolute Gasteiger partial charge is 0.370 e. The van der Waals surface area contributed by atoms with Gasteiger partial charge in [-0.2, -0.15) is 0 Å². The van der Waals surface area contributed by atoms with Crippen molar-refractivity contribution < 1.29 is 14.3 Å². The van der Waals surface area contributed by atoms with Crippen LogP contribution < -0.4 is 10.6 Å². The minimum absolute atomic E-state index is 0.0783. The SMILES string of the molecule is O=C(Nc1ccccc1Cl)N1CC2C[C@@]3(CCCNC3=O)C(C1)O2.